The van der Waals surface area contributed by atoms with Crippen LogP contribution in [0.5, 0.6) is 5.88 Å². The van der Waals surface area contributed by atoms with Gasteiger partial charge < -0.3 is 14.4 Å². The highest BCUT2D eigenvalue weighted by Gasteiger charge is 2.19. The summed E-state index contributed by atoms with van der Waals surface area (Å²) in [6.07, 6.45) is 9.42. The Morgan fingerprint density at radius 2 is 1.77 bits per heavy atom. The fourth-order valence-electron chi connectivity index (χ4n) is 5.33. The molecule has 1 aliphatic heterocycles. The Morgan fingerprint density at radius 1 is 0.907 bits per heavy atom. The molecule has 1 aliphatic rings. The van der Waals surface area contributed by atoms with Gasteiger partial charge in [0.15, 0.2) is 0 Å². The van der Waals surface area contributed by atoms with Gasteiger partial charge >= 0.3 is 0 Å². The van der Waals surface area contributed by atoms with E-state index >= 15 is 0 Å². The molecule has 0 spiro atoms. The van der Waals surface area contributed by atoms with Crippen LogP contribution >= 0.6 is 0 Å². The molecule has 6 rings (SSSR count). The average molecular weight is 578 g/mol. The molecule has 1 saturated heterocycles. The van der Waals surface area contributed by atoms with Gasteiger partial charge in [-0.05, 0) is 49.2 Å². The minimum atomic E-state index is 0.183. The standard InChI is InChI=1S/C32H35N9O2/c1-23(2)43-13-12-40-22-27(19-37-40)26-14-29(41-28(16-33)20-35-31(41)15-26)25-5-6-30(34-18-25)39-10-8-38(9-11-39)21-24-4-7-32(42-3)36-17-24/h4-7,14-15,17-20,22-23H,8-13,21H2,1-3H3. The van der Waals surface area contributed by atoms with Crippen molar-refractivity contribution < 1.29 is 9.47 Å². The Labute approximate surface area is 250 Å². The first kappa shape index (κ1) is 28.3. The molecule has 0 aliphatic carbocycles. The van der Waals surface area contributed by atoms with Crippen molar-refractivity contribution in [2.24, 2.45) is 0 Å². The molecule has 5 aromatic rings. The molecule has 0 unspecified atom stereocenters. The normalized spacial score (nSPS) is 14.0. The molecule has 0 radical (unpaired) electrons. The Hall–Kier alpha value is -4.79. The Kier molecular flexibility index (Phi) is 8.31. The number of rotatable bonds is 10. The monoisotopic (exact) mass is 577 g/mol. The van der Waals surface area contributed by atoms with Crippen molar-refractivity contribution in [3.63, 3.8) is 0 Å². The number of pyridine rings is 3. The van der Waals surface area contributed by atoms with Crippen LogP contribution in [0.2, 0.25) is 0 Å². The van der Waals surface area contributed by atoms with E-state index in [1.54, 1.807) is 13.3 Å². The summed E-state index contributed by atoms with van der Waals surface area (Å²) in [6.45, 7) is 9.85. The lowest BCUT2D eigenvalue weighted by molar-refractivity contribution is 0.0710. The van der Waals surface area contributed by atoms with E-state index < -0.39 is 0 Å². The van der Waals surface area contributed by atoms with Gasteiger partial charge in [-0.15, -0.1) is 0 Å². The van der Waals surface area contributed by atoms with Crippen molar-refractivity contribution in [2.75, 3.05) is 44.8 Å². The van der Waals surface area contributed by atoms with Gasteiger partial charge in [0.05, 0.1) is 44.5 Å². The second-order valence-electron chi connectivity index (χ2n) is 10.9. The van der Waals surface area contributed by atoms with Crippen LogP contribution in [-0.2, 0) is 17.8 Å². The van der Waals surface area contributed by atoms with Crippen molar-refractivity contribution in [3.8, 4) is 34.3 Å². The number of piperazine rings is 1. The largest absolute Gasteiger partial charge is 0.481 e. The van der Waals surface area contributed by atoms with Gasteiger partial charge in [-0.3, -0.25) is 14.0 Å². The fourth-order valence-corrected chi connectivity index (χ4v) is 5.33. The zero-order valence-electron chi connectivity index (χ0n) is 24.7. The summed E-state index contributed by atoms with van der Waals surface area (Å²) >= 11 is 0. The van der Waals surface area contributed by atoms with E-state index in [0.29, 0.717) is 30.4 Å². The third-order valence-electron chi connectivity index (χ3n) is 7.61. The third-order valence-corrected chi connectivity index (χ3v) is 7.61. The van der Waals surface area contributed by atoms with Gasteiger partial charge in [-0.25, -0.2) is 15.0 Å². The number of hydrogen-bond donors (Lipinski definition) is 0. The van der Waals surface area contributed by atoms with Crippen LogP contribution in [0.15, 0.2) is 67.4 Å². The number of imidazole rings is 1. The van der Waals surface area contributed by atoms with Gasteiger partial charge in [-0.2, -0.15) is 10.4 Å². The van der Waals surface area contributed by atoms with Crippen LogP contribution in [0.1, 0.15) is 25.1 Å². The quantitative estimate of drug-likeness (QED) is 0.240. The summed E-state index contributed by atoms with van der Waals surface area (Å²) in [5.74, 6) is 1.57. The van der Waals surface area contributed by atoms with Gasteiger partial charge in [0, 0.05) is 68.5 Å². The molecule has 1 fully saturated rings. The summed E-state index contributed by atoms with van der Waals surface area (Å²) in [5.41, 5.74) is 6.07. The maximum absolute atomic E-state index is 9.79. The number of nitrogens with zero attached hydrogens (tertiary/aromatic N) is 9. The van der Waals surface area contributed by atoms with Gasteiger partial charge in [0.1, 0.15) is 23.2 Å². The molecule has 0 atom stereocenters. The minimum absolute atomic E-state index is 0.183. The first-order chi connectivity index (χ1) is 21.0. The molecule has 0 amide bonds. The van der Waals surface area contributed by atoms with Crippen molar-refractivity contribution in [3.05, 3.63) is 78.6 Å². The SMILES string of the molecule is COc1ccc(CN2CCN(c3ccc(-c4cc(-c5cnn(CCOC(C)C)c5)cc5ncc(C#N)n45)cn3)CC2)cn1. The van der Waals surface area contributed by atoms with E-state index in [2.05, 4.69) is 55.2 Å². The van der Waals surface area contributed by atoms with E-state index in [1.807, 2.05) is 59.9 Å². The Morgan fingerprint density at radius 3 is 2.47 bits per heavy atom. The van der Waals surface area contributed by atoms with Crippen LogP contribution in [0, 0.1) is 11.3 Å². The van der Waals surface area contributed by atoms with Crippen molar-refractivity contribution >= 4 is 11.5 Å². The number of anilines is 1. The highest BCUT2D eigenvalue weighted by atomic mass is 16.5. The fraction of sp³-hybridized carbons (Fsp3) is 0.344. The number of nitriles is 1. The van der Waals surface area contributed by atoms with E-state index in [-0.39, 0.29) is 6.10 Å². The van der Waals surface area contributed by atoms with Crippen molar-refractivity contribution in [2.45, 2.75) is 33.0 Å². The molecule has 0 bridgehead atoms. The van der Waals surface area contributed by atoms with Crippen LogP contribution in [-0.4, -0.2) is 80.0 Å². The van der Waals surface area contributed by atoms with Crippen molar-refractivity contribution in [1.29, 1.82) is 5.26 Å². The number of fused-ring (bicyclic) bond motifs is 1. The predicted octanol–water partition coefficient (Wildman–Crippen LogP) is 4.28. The minimum Gasteiger partial charge on any atom is -0.481 e. The van der Waals surface area contributed by atoms with Gasteiger partial charge in [0.2, 0.25) is 5.88 Å². The lowest BCUT2D eigenvalue weighted by Gasteiger charge is -2.35. The zero-order chi connectivity index (χ0) is 29.8. The summed E-state index contributed by atoms with van der Waals surface area (Å²) in [4.78, 5) is 18.4. The molecular weight excluding hydrogens is 542 g/mol. The Balaban J connectivity index is 1.18. The molecular formula is C32H35N9O2. The highest BCUT2D eigenvalue weighted by Crippen LogP contribution is 2.30. The van der Waals surface area contributed by atoms with E-state index in [1.165, 1.54) is 5.56 Å². The van der Waals surface area contributed by atoms with Crippen LogP contribution in [0.25, 0.3) is 28.0 Å². The third kappa shape index (κ3) is 6.35. The van der Waals surface area contributed by atoms with E-state index in [9.17, 15) is 5.26 Å². The Bertz CT molecular complexity index is 1710. The highest BCUT2D eigenvalue weighted by molar-refractivity contribution is 5.76. The first-order valence-corrected chi connectivity index (χ1v) is 14.5. The molecule has 11 nitrogen and oxygen atoms in total. The molecule has 220 valence electrons. The second kappa shape index (κ2) is 12.6. The maximum atomic E-state index is 9.79. The predicted molar refractivity (Wildman–Crippen MR) is 164 cm³/mol. The summed E-state index contributed by atoms with van der Waals surface area (Å²) in [5, 5.41) is 14.3. The topological polar surface area (TPSA) is 110 Å². The summed E-state index contributed by atoms with van der Waals surface area (Å²) in [7, 11) is 1.63. The molecule has 43 heavy (non-hydrogen) atoms. The van der Waals surface area contributed by atoms with Crippen LogP contribution in [0.4, 0.5) is 5.82 Å². The molecule has 0 aromatic carbocycles. The molecule has 0 saturated carbocycles. The average Bonchev–Trinajstić information content (AvgIpc) is 3.69. The summed E-state index contributed by atoms with van der Waals surface area (Å²) < 4.78 is 14.6. The molecule has 5 aromatic heterocycles. The van der Waals surface area contributed by atoms with Crippen LogP contribution < -0.4 is 9.64 Å². The van der Waals surface area contributed by atoms with Gasteiger partial charge in [0.25, 0.3) is 0 Å². The van der Waals surface area contributed by atoms with E-state index in [4.69, 9.17) is 14.5 Å². The second-order valence-corrected chi connectivity index (χ2v) is 10.9. The van der Waals surface area contributed by atoms with Crippen molar-refractivity contribution in [1.82, 2.24) is 34.0 Å². The van der Waals surface area contributed by atoms with E-state index in [0.717, 1.165) is 60.9 Å². The molecule has 11 heteroatoms. The molecule has 0 N–H and O–H groups in total. The number of aromatic nitrogens is 6. The van der Waals surface area contributed by atoms with Gasteiger partial charge in [-0.1, -0.05) is 6.07 Å². The number of ether oxygens (including phenoxy) is 2. The zero-order valence-corrected chi connectivity index (χ0v) is 24.7. The number of hydrogen-bond acceptors (Lipinski definition) is 9. The lowest BCUT2D eigenvalue weighted by atomic mass is 10.1. The summed E-state index contributed by atoms with van der Waals surface area (Å²) in [6, 6.07) is 14.4. The first-order valence-electron chi connectivity index (χ1n) is 14.5. The van der Waals surface area contributed by atoms with Crippen LogP contribution in [0.3, 0.4) is 0 Å². The smallest absolute Gasteiger partial charge is 0.212 e. The number of methoxy groups -OCH3 is 1. The molecule has 6 heterocycles. The maximum Gasteiger partial charge on any atom is 0.212 e. The lowest BCUT2D eigenvalue weighted by Crippen LogP contribution is -2.46.